The van der Waals surface area contributed by atoms with E-state index in [1.165, 1.54) is 0 Å². The Bertz CT molecular complexity index is 200. The van der Waals surface area contributed by atoms with Crippen LogP contribution in [-0.2, 0) is 9.53 Å². The van der Waals surface area contributed by atoms with Gasteiger partial charge in [0.25, 0.3) is 0 Å². The van der Waals surface area contributed by atoms with E-state index in [9.17, 15) is 4.79 Å². The van der Waals surface area contributed by atoms with E-state index in [2.05, 4.69) is 5.32 Å². The number of methoxy groups -OCH3 is 1. The molecular formula is C10H19NO4. The van der Waals surface area contributed by atoms with Crippen molar-refractivity contribution in [1.82, 2.24) is 5.32 Å². The number of aliphatic carboxylic acids is 1. The van der Waals surface area contributed by atoms with Crippen molar-refractivity contribution in [3.8, 4) is 0 Å². The first-order valence-corrected chi connectivity index (χ1v) is 5.27. The number of ether oxygens (including phenoxy) is 1. The largest absolute Gasteiger partial charge is 0.480 e. The molecule has 0 spiro atoms. The molecule has 5 heteroatoms. The van der Waals surface area contributed by atoms with Crippen molar-refractivity contribution in [1.29, 1.82) is 0 Å². The zero-order valence-electron chi connectivity index (χ0n) is 8.98. The van der Waals surface area contributed by atoms with Gasteiger partial charge < -0.3 is 14.9 Å². The van der Waals surface area contributed by atoms with Gasteiger partial charge in [0, 0.05) is 19.8 Å². The number of carboxylic acids is 1. The number of nitrogens with one attached hydrogen (secondary N) is 1. The molecular weight excluding hydrogens is 198 g/mol. The molecule has 2 unspecified atom stereocenters. The lowest BCUT2D eigenvalue weighted by Crippen LogP contribution is -2.47. The Morgan fingerprint density at radius 2 is 2.27 bits per heavy atom. The minimum atomic E-state index is -0.809. The molecule has 0 aliphatic heterocycles. The van der Waals surface area contributed by atoms with E-state index < -0.39 is 12.0 Å². The fourth-order valence-corrected chi connectivity index (χ4v) is 1.66. The highest BCUT2D eigenvalue weighted by Gasteiger charge is 2.37. The van der Waals surface area contributed by atoms with Gasteiger partial charge in [-0.05, 0) is 25.2 Å². The maximum Gasteiger partial charge on any atom is 0.320 e. The third-order valence-corrected chi connectivity index (χ3v) is 2.62. The molecule has 2 atom stereocenters. The van der Waals surface area contributed by atoms with Gasteiger partial charge in [-0.15, -0.1) is 0 Å². The molecule has 1 saturated carbocycles. The van der Waals surface area contributed by atoms with Crippen LogP contribution in [0.3, 0.4) is 0 Å². The first-order valence-electron chi connectivity index (χ1n) is 5.27. The Hall–Kier alpha value is -0.650. The standard InChI is InChI=1S/C10H19NO4/c1-15-6-8(4-5-12)11-9(10(13)14)7-2-3-7/h7-9,11-12H,2-6H2,1H3,(H,13,14). The van der Waals surface area contributed by atoms with Crippen LogP contribution in [0.4, 0.5) is 0 Å². The van der Waals surface area contributed by atoms with Crippen LogP contribution in [0.25, 0.3) is 0 Å². The summed E-state index contributed by atoms with van der Waals surface area (Å²) in [7, 11) is 1.57. The predicted octanol–water partition coefficient (Wildman–Crippen LogP) is -0.163. The Labute approximate surface area is 89.4 Å². The lowest BCUT2D eigenvalue weighted by atomic mass is 10.1. The van der Waals surface area contributed by atoms with E-state index in [1.54, 1.807) is 7.11 Å². The second-order valence-electron chi connectivity index (χ2n) is 3.98. The number of aliphatic hydroxyl groups excluding tert-OH is 1. The molecule has 0 radical (unpaired) electrons. The monoisotopic (exact) mass is 217 g/mol. The van der Waals surface area contributed by atoms with Crippen LogP contribution >= 0.6 is 0 Å². The second-order valence-corrected chi connectivity index (χ2v) is 3.98. The molecule has 0 aromatic carbocycles. The maximum absolute atomic E-state index is 11.0. The first kappa shape index (κ1) is 12.4. The lowest BCUT2D eigenvalue weighted by Gasteiger charge is -2.22. The summed E-state index contributed by atoms with van der Waals surface area (Å²) < 4.78 is 4.97. The van der Waals surface area contributed by atoms with Gasteiger partial charge in [-0.25, -0.2) is 0 Å². The van der Waals surface area contributed by atoms with Crippen LogP contribution in [0, 0.1) is 5.92 Å². The molecule has 88 valence electrons. The van der Waals surface area contributed by atoms with Gasteiger partial charge in [0.05, 0.1) is 6.61 Å². The number of carbonyl (C=O) groups is 1. The maximum atomic E-state index is 11.0. The Morgan fingerprint density at radius 3 is 2.67 bits per heavy atom. The Morgan fingerprint density at radius 1 is 1.60 bits per heavy atom. The Balaban J connectivity index is 2.41. The number of hydrogen-bond donors (Lipinski definition) is 3. The van der Waals surface area contributed by atoms with E-state index >= 15 is 0 Å². The highest BCUT2D eigenvalue weighted by Crippen LogP contribution is 2.33. The van der Waals surface area contributed by atoms with Gasteiger partial charge in [-0.1, -0.05) is 0 Å². The van der Waals surface area contributed by atoms with Crippen molar-refractivity contribution in [3.05, 3.63) is 0 Å². The molecule has 1 aliphatic carbocycles. The average Bonchev–Trinajstić information content (AvgIpc) is 2.97. The number of rotatable bonds is 8. The van der Waals surface area contributed by atoms with Gasteiger partial charge in [-0.2, -0.15) is 0 Å². The van der Waals surface area contributed by atoms with Gasteiger partial charge in [0.2, 0.25) is 0 Å². The molecule has 15 heavy (non-hydrogen) atoms. The van der Waals surface area contributed by atoms with Crippen LogP contribution < -0.4 is 5.32 Å². The normalized spacial score (nSPS) is 19.9. The summed E-state index contributed by atoms with van der Waals surface area (Å²) in [5.41, 5.74) is 0. The van der Waals surface area contributed by atoms with Gasteiger partial charge in [-0.3, -0.25) is 10.1 Å². The molecule has 0 bridgehead atoms. The van der Waals surface area contributed by atoms with E-state index in [-0.39, 0.29) is 18.6 Å². The van der Waals surface area contributed by atoms with Crippen molar-refractivity contribution in [2.75, 3.05) is 20.3 Å². The number of carboxylic acid groups (broad SMARTS) is 1. The summed E-state index contributed by atoms with van der Waals surface area (Å²) in [6.07, 6.45) is 2.47. The molecule has 0 amide bonds. The SMILES string of the molecule is COCC(CCO)NC(C(=O)O)C1CC1. The highest BCUT2D eigenvalue weighted by molar-refractivity contribution is 5.74. The lowest BCUT2D eigenvalue weighted by molar-refractivity contribution is -0.140. The van der Waals surface area contributed by atoms with Crippen LogP contribution in [0.15, 0.2) is 0 Å². The zero-order chi connectivity index (χ0) is 11.3. The summed E-state index contributed by atoms with van der Waals surface area (Å²) >= 11 is 0. The minimum absolute atomic E-state index is 0.0397. The minimum Gasteiger partial charge on any atom is -0.480 e. The molecule has 3 N–H and O–H groups in total. The molecule has 5 nitrogen and oxygen atoms in total. The molecule has 0 saturated heterocycles. The fourth-order valence-electron chi connectivity index (χ4n) is 1.66. The molecule has 0 aromatic rings. The molecule has 0 aromatic heterocycles. The smallest absolute Gasteiger partial charge is 0.320 e. The summed E-state index contributed by atoms with van der Waals surface area (Å²) in [6, 6.07) is -0.571. The van der Waals surface area contributed by atoms with Crippen LogP contribution in [-0.4, -0.2) is 48.6 Å². The average molecular weight is 217 g/mol. The van der Waals surface area contributed by atoms with Crippen molar-refractivity contribution in [2.45, 2.75) is 31.3 Å². The summed E-state index contributed by atoms with van der Waals surface area (Å²) in [6.45, 7) is 0.467. The third-order valence-electron chi connectivity index (χ3n) is 2.62. The summed E-state index contributed by atoms with van der Waals surface area (Å²) in [4.78, 5) is 11.0. The van der Waals surface area contributed by atoms with Crippen LogP contribution in [0.1, 0.15) is 19.3 Å². The van der Waals surface area contributed by atoms with Crippen LogP contribution in [0.5, 0.6) is 0 Å². The predicted molar refractivity (Wildman–Crippen MR) is 54.7 cm³/mol. The molecule has 0 heterocycles. The van der Waals surface area contributed by atoms with Gasteiger partial charge in [0.15, 0.2) is 0 Å². The Kier molecular flexibility index (Phi) is 5.01. The first-order chi connectivity index (χ1) is 7.19. The zero-order valence-corrected chi connectivity index (χ0v) is 8.98. The van der Waals surface area contributed by atoms with Crippen molar-refractivity contribution in [3.63, 3.8) is 0 Å². The van der Waals surface area contributed by atoms with Gasteiger partial charge >= 0.3 is 5.97 Å². The van der Waals surface area contributed by atoms with E-state index in [0.717, 1.165) is 12.8 Å². The number of aliphatic hydroxyl groups is 1. The van der Waals surface area contributed by atoms with Gasteiger partial charge in [0.1, 0.15) is 6.04 Å². The van der Waals surface area contributed by atoms with Crippen molar-refractivity contribution < 1.29 is 19.7 Å². The van der Waals surface area contributed by atoms with E-state index in [1.807, 2.05) is 0 Å². The topological polar surface area (TPSA) is 78.8 Å². The summed E-state index contributed by atoms with van der Waals surface area (Å²) in [5, 5.41) is 20.9. The second kappa shape index (κ2) is 6.05. The highest BCUT2D eigenvalue weighted by atomic mass is 16.5. The van der Waals surface area contributed by atoms with E-state index in [4.69, 9.17) is 14.9 Å². The molecule has 1 fully saturated rings. The quantitative estimate of drug-likeness (QED) is 0.526. The van der Waals surface area contributed by atoms with Crippen molar-refractivity contribution >= 4 is 5.97 Å². The fraction of sp³-hybridized carbons (Fsp3) is 0.900. The van der Waals surface area contributed by atoms with Crippen LogP contribution in [0.2, 0.25) is 0 Å². The van der Waals surface area contributed by atoms with E-state index in [0.29, 0.717) is 13.0 Å². The van der Waals surface area contributed by atoms with Crippen molar-refractivity contribution in [2.24, 2.45) is 5.92 Å². The summed E-state index contributed by atoms with van der Waals surface area (Å²) in [5.74, 6) is -0.558. The number of hydrogen-bond acceptors (Lipinski definition) is 4. The molecule has 1 rings (SSSR count). The third kappa shape index (κ3) is 4.15. The molecule has 1 aliphatic rings.